The zero-order valence-corrected chi connectivity index (χ0v) is 11.7. The standard InChI is InChI=1S/C16H22N2O/c1-13-3-5-14(6-4-13)7-8-16(19)18-10-9-15(12-18)11-17-2/h3-8,15,17H,9-12H2,1-2H3. The number of amides is 1. The van der Waals surface area contributed by atoms with Crippen molar-refractivity contribution in [3.8, 4) is 0 Å². The van der Waals surface area contributed by atoms with E-state index in [1.165, 1.54) is 5.56 Å². The molecule has 19 heavy (non-hydrogen) atoms. The Morgan fingerprint density at radius 3 is 2.84 bits per heavy atom. The average molecular weight is 258 g/mol. The Hall–Kier alpha value is -1.61. The van der Waals surface area contributed by atoms with E-state index in [0.717, 1.165) is 31.6 Å². The molecule has 0 radical (unpaired) electrons. The summed E-state index contributed by atoms with van der Waals surface area (Å²) >= 11 is 0. The van der Waals surface area contributed by atoms with Gasteiger partial charge in [-0.3, -0.25) is 4.79 Å². The van der Waals surface area contributed by atoms with Gasteiger partial charge in [0.25, 0.3) is 0 Å². The molecular formula is C16H22N2O. The van der Waals surface area contributed by atoms with Crippen LogP contribution in [0.4, 0.5) is 0 Å². The van der Waals surface area contributed by atoms with Crippen molar-refractivity contribution >= 4 is 12.0 Å². The summed E-state index contributed by atoms with van der Waals surface area (Å²) in [6.45, 7) is 4.80. The van der Waals surface area contributed by atoms with Gasteiger partial charge in [-0.1, -0.05) is 29.8 Å². The first kappa shape index (κ1) is 13.8. The Morgan fingerprint density at radius 2 is 2.16 bits per heavy atom. The van der Waals surface area contributed by atoms with Crippen molar-refractivity contribution in [1.82, 2.24) is 10.2 Å². The number of nitrogens with one attached hydrogen (secondary N) is 1. The number of aryl methyl sites for hydroxylation is 1. The first-order valence-electron chi connectivity index (χ1n) is 6.87. The van der Waals surface area contributed by atoms with Crippen LogP contribution in [0.5, 0.6) is 0 Å². The van der Waals surface area contributed by atoms with Crippen LogP contribution in [0.1, 0.15) is 17.5 Å². The summed E-state index contributed by atoms with van der Waals surface area (Å²) in [6.07, 6.45) is 4.69. The van der Waals surface area contributed by atoms with Gasteiger partial charge in [0, 0.05) is 19.2 Å². The minimum Gasteiger partial charge on any atom is -0.339 e. The number of benzene rings is 1. The van der Waals surface area contributed by atoms with Gasteiger partial charge in [0.2, 0.25) is 5.91 Å². The molecule has 1 amide bonds. The molecule has 0 aliphatic carbocycles. The van der Waals surface area contributed by atoms with Crippen LogP contribution >= 0.6 is 0 Å². The molecule has 1 atom stereocenters. The van der Waals surface area contributed by atoms with Crippen LogP contribution in [0.25, 0.3) is 6.08 Å². The number of likely N-dealkylation sites (tertiary alicyclic amines) is 1. The largest absolute Gasteiger partial charge is 0.339 e. The fourth-order valence-electron chi connectivity index (χ4n) is 2.44. The zero-order chi connectivity index (χ0) is 13.7. The Kier molecular flexibility index (Phi) is 4.74. The fraction of sp³-hybridized carbons (Fsp3) is 0.438. The van der Waals surface area contributed by atoms with E-state index in [1.54, 1.807) is 6.08 Å². The summed E-state index contributed by atoms with van der Waals surface area (Å²) in [5.41, 5.74) is 2.31. The van der Waals surface area contributed by atoms with E-state index in [1.807, 2.05) is 30.2 Å². The van der Waals surface area contributed by atoms with E-state index >= 15 is 0 Å². The lowest BCUT2D eigenvalue weighted by Crippen LogP contribution is -2.28. The van der Waals surface area contributed by atoms with E-state index in [4.69, 9.17) is 0 Å². The van der Waals surface area contributed by atoms with Gasteiger partial charge in [-0.15, -0.1) is 0 Å². The summed E-state index contributed by atoms with van der Waals surface area (Å²) in [6, 6.07) is 8.19. The van der Waals surface area contributed by atoms with Crippen LogP contribution in [0.2, 0.25) is 0 Å². The molecule has 1 saturated heterocycles. The van der Waals surface area contributed by atoms with Gasteiger partial charge in [0.1, 0.15) is 0 Å². The van der Waals surface area contributed by atoms with Crippen molar-refractivity contribution < 1.29 is 4.79 Å². The monoisotopic (exact) mass is 258 g/mol. The Balaban J connectivity index is 1.89. The predicted molar refractivity (Wildman–Crippen MR) is 78.8 cm³/mol. The molecule has 3 nitrogen and oxygen atoms in total. The van der Waals surface area contributed by atoms with Gasteiger partial charge in [0.15, 0.2) is 0 Å². The third-order valence-corrected chi connectivity index (χ3v) is 3.59. The summed E-state index contributed by atoms with van der Waals surface area (Å²) in [7, 11) is 1.96. The third kappa shape index (κ3) is 3.93. The molecular weight excluding hydrogens is 236 g/mol. The highest BCUT2D eigenvalue weighted by Crippen LogP contribution is 2.16. The minimum atomic E-state index is 0.124. The van der Waals surface area contributed by atoms with Gasteiger partial charge in [0.05, 0.1) is 0 Å². The Morgan fingerprint density at radius 1 is 1.42 bits per heavy atom. The molecule has 1 aliphatic rings. The topological polar surface area (TPSA) is 32.3 Å². The van der Waals surface area contributed by atoms with Gasteiger partial charge in [-0.2, -0.15) is 0 Å². The van der Waals surface area contributed by atoms with Gasteiger partial charge >= 0.3 is 0 Å². The predicted octanol–water partition coefficient (Wildman–Crippen LogP) is 2.08. The van der Waals surface area contributed by atoms with Crippen LogP contribution in [0.3, 0.4) is 0 Å². The highest BCUT2D eigenvalue weighted by molar-refractivity contribution is 5.91. The molecule has 0 spiro atoms. The summed E-state index contributed by atoms with van der Waals surface area (Å²) in [5, 5.41) is 3.18. The molecule has 2 rings (SSSR count). The Bertz CT molecular complexity index is 450. The van der Waals surface area contributed by atoms with E-state index in [0.29, 0.717) is 5.92 Å². The number of hydrogen-bond acceptors (Lipinski definition) is 2. The molecule has 102 valence electrons. The SMILES string of the molecule is CNCC1CCN(C(=O)C=Cc2ccc(C)cc2)C1. The second-order valence-corrected chi connectivity index (χ2v) is 5.24. The minimum absolute atomic E-state index is 0.124. The summed E-state index contributed by atoms with van der Waals surface area (Å²) in [4.78, 5) is 14.0. The normalized spacial score (nSPS) is 19.3. The highest BCUT2D eigenvalue weighted by atomic mass is 16.2. The summed E-state index contributed by atoms with van der Waals surface area (Å²) in [5.74, 6) is 0.723. The second-order valence-electron chi connectivity index (χ2n) is 5.24. The quantitative estimate of drug-likeness (QED) is 0.839. The van der Waals surface area contributed by atoms with Crippen LogP contribution in [-0.4, -0.2) is 37.5 Å². The van der Waals surface area contributed by atoms with Crippen LogP contribution in [0, 0.1) is 12.8 Å². The Labute approximate surface area is 115 Å². The molecule has 1 unspecified atom stereocenters. The number of carbonyl (C=O) groups is 1. The average Bonchev–Trinajstić information content (AvgIpc) is 2.87. The maximum atomic E-state index is 12.1. The van der Waals surface area contributed by atoms with E-state index in [9.17, 15) is 4.79 Å². The molecule has 0 aromatic heterocycles. The first-order chi connectivity index (χ1) is 9.19. The van der Waals surface area contributed by atoms with Crippen molar-refractivity contribution in [3.05, 3.63) is 41.5 Å². The molecule has 1 aromatic rings. The lowest BCUT2D eigenvalue weighted by atomic mass is 10.1. The zero-order valence-electron chi connectivity index (χ0n) is 11.7. The number of carbonyl (C=O) groups excluding carboxylic acids is 1. The third-order valence-electron chi connectivity index (χ3n) is 3.59. The lowest BCUT2D eigenvalue weighted by Gasteiger charge is -2.14. The van der Waals surface area contributed by atoms with E-state index in [2.05, 4.69) is 24.4 Å². The lowest BCUT2D eigenvalue weighted by molar-refractivity contribution is -0.125. The van der Waals surface area contributed by atoms with Crippen molar-refractivity contribution in [2.24, 2.45) is 5.92 Å². The van der Waals surface area contributed by atoms with E-state index < -0.39 is 0 Å². The van der Waals surface area contributed by atoms with Gasteiger partial charge in [-0.25, -0.2) is 0 Å². The molecule has 0 saturated carbocycles. The number of hydrogen-bond donors (Lipinski definition) is 1. The highest BCUT2D eigenvalue weighted by Gasteiger charge is 2.24. The first-order valence-corrected chi connectivity index (χ1v) is 6.87. The van der Waals surface area contributed by atoms with Gasteiger partial charge < -0.3 is 10.2 Å². The van der Waals surface area contributed by atoms with Crippen LogP contribution in [-0.2, 0) is 4.79 Å². The maximum absolute atomic E-state index is 12.1. The van der Waals surface area contributed by atoms with Crippen molar-refractivity contribution in [2.75, 3.05) is 26.7 Å². The molecule has 1 aromatic carbocycles. The maximum Gasteiger partial charge on any atom is 0.246 e. The molecule has 0 bridgehead atoms. The molecule has 1 heterocycles. The van der Waals surface area contributed by atoms with Gasteiger partial charge in [-0.05, 0) is 44.5 Å². The molecule has 3 heteroatoms. The van der Waals surface area contributed by atoms with Crippen molar-refractivity contribution in [2.45, 2.75) is 13.3 Å². The fourth-order valence-corrected chi connectivity index (χ4v) is 2.44. The second kappa shape index (κ2) is 6.53. The van der Waals surface area contributed by atoms with Crippen molar-refractivity contribution in [1.29, 1.82) is 0 Å². The van der Waals surface area contributed by atoms with Crippen molar-refractivity contribution in [3.63, 3.8) is 0 Å². The summed E-state index contributed by atoms with van der Waals surface area (Å²) < 4.78 is 0. The number of nitrogens with zero attached hydrogens (tertiary/aromatic N) is 1. The molecule has 1 fully saturated rings. The van der Waals surface area contributed by atoms with Crippen LogP contribution in [0.15, 0.2) is 30.3 Å². The number of rotatable bonds is 4. The molecule has 1 N–H and O–H groups in total. The molecule has 1 aliphatic heterocycles. The van der Waals surface area contributed by atoms with Crippen LogP contribution < -0.4 is 5.32 Å². The van der Waals surface area contributed by atoms with E-state index in [-0.39, 0.29) is 5.91 Å². The smallest absolute Gasteiger partial charge is 0.246 e.